The molecule has 5 atom stereocenters. The van der Waals surface area contributed by atoms with Crippen molar-refractivity contribution in [3.05, 3.63) is 12.2 Å². The van der Waals surface area contributed by atoms with E-state index in [1.807, 2.05) is 50.3 Å². The molecule has 5 heteroatoms. The van der Waals surface area contributed by atoms with Crippen molar-refractivity contribution in [1.29, 1.82) is 0 Å². The Kier molecular flexibility index (Phi) is 3.81. The van der Waals surface area contributed by atoms with E-state index in [-0.39, 0.29) is 27.5 Å². The van der Waals surface area contributed by atoms with Gasteiger partial charge < -0.3 is 10.0 Å². The third-order valence-electron chi connectivity index (χ3n) is 6.06. The minimum Gasteiger partial charge on any atom is -0.371 e. The number of allylic oxidation sites excluding steroid dienone is 2. The van der Waals surface area contributed by atoms with E-state index >= 15 is 0 Å². The quantitative estimate of drug-likeness (QED) is 0.423. The van der Waals surface area contributed by atoms with Crippen LogP contribution in [-0.4, -0.2) is 31.0 Å². The highest BCUT2D eigenvalue weighted by Crippen LogP contribution is 2.59. The van der Waals surface area contributed by atoms with Gasteiger partial charge >= 0.3 is 0 Å². The molecule has 1 saturated carbocycles. The molecule has 1 amide bonds. The Hall–Kier alpha value is -0.430. The van der Waals surface area contributed by atoms with Crippen molar-refractivity contribution in [2.45, 2.75) is 58.7 Å². The van der Waals surface area contributed by atoms with Gasteiger partial charge in [0.2, 0.25) is 5.91 Å². The molecule has 3 aliphatic rings. The average Bonchev–Trinajstić information content (AvgIpc) is 3.00. The number of aliphatic hydroxyl groups is 1. The van der Waals surface area contributed by atoms with E-state index in [9.17, 15) is 14.7 Å². The van der Waals surface area contributed by atoms with Gasteiger partial charge in [0, 0.05) is 39.5 Å². The summed E-state index contributed by atoms with van der Waals surface area (Å²) in [7, 11) is 0. The van der Waals surface area contributed by atoms with Crippen LogP contribution in [0.2, 0.25) is 0 Å². The van der Waals surface area contributed by atoms with Crippen LogP contribution in [-0.2, 0) is 9.59 Å². The predicted molar refractivity (Wildman–Crippen MR) is 96.7 cm³/mol. The topological polar surface area (TPSA) is 57.6 Å². The molecule has 1 heterocycles. The number of carbonyl (C=O) groups is 2. The van der Waals surface area contributed by atoms with Crippen molar-refractivity contribution >= 4 is 32.3 Å². The molecule has 2 fully saturated rings. The zero-order valence-corrected chi connectivity index (χ0v) is 16.6. The number of rotatable bonds is 4. The zero-order chi connectivity index (χ0) is 17.4. The highest BCUT2D eigenvalue weighted by atomic mass is 127. The lowest BCUT2D eigenvalue weighted by molar-refractivity contribution is -0.170. The molecule has 0 radical (unpaired) electrons. The van der Waals surface area contributed by atoms with Gasteiger partial charge in [-0.25, -0.2) is 0 Å². The lowest BCUT2D eigenvalue weighted by Gasteiger charge is -2.47. The lowest BCUT2D eigenvalue weighted by atomic mass is 9.78. The summed E-state index contributed by atoms with van der Waals surface area (Å²) in [6, 6.07) is 0. The molecular formula is C18H26INO3. The van der Waals surface area contributed by atoms with Crippen LogP contribution in [0.15, 0.2) is 12.2 Å². The molecule has 3 rings (SSSR count). The maximum Gasteiger partial charge on any atom is 0.229 e. The number of likely N-dealkylation sites (tertiary alicyclic amines) is 1. The molecule has 1 saturated heterocycles. The standard InChI is InChI=1S/C18H26INO3/c1-16(2,15(19)22)9-17(3,4)20-14(21)12-10-6-7-11(8-10)13(12)18(20,5)23/h6-7,10-13,23H,8-9H2,1-5H3. The fourth-order valence-electron chi connectivity index (χ4n) is 5.57. The molecule has 4 nitrogen and oxygen atoms in total. The monoisotopic (exact) mass is 431 g/mol. The first-order valence-corrected chi connectivity index (χ1v) is 9.42. The number of hydrogen-bond donors (Lipinski definition) is 1. The predicted octanol–water partition coefficient (Wildman–Crippen LogP) is 3.13. The van der Waals surface area contributed by atoms with Crippen LogP contribution < -0.4 is 0 Å². The fourth-order valence-corrected chi connectivity index (χ4v) is 5.76. The first-order chi connectivity index (χ1) is 10.4. The lowest BCUT2D eigenvalue weighted by Crippen LogP contribution is -2.59. The van der Waals surface area contributed by atoms with E-state index in [0.29, 0.717) is 12.3 Å². The first-order valence-electron chi connectivity index (χ1n) is 8.34. The Morgan fingerprint density at radius 1 is 1.35 bits per heavy atom. The van der Waals surface area contributed by atoms with E-state index in [2.05, 4.69) is 12.2 Å². The summed E-state index contributed by atoms with van der Waals surface area (Å²) < 4.78 is 0.0800. The zero-order valence-electron chi connectivity index (χ0n) is 14.5. The normalized spacial score (nSPS) is 39.3. The molecule has 0 aromatic carbocycles. The smallest absolute Gasteiger partial charge is 0.229 e. The number of amides is 1. The molecule has 0 aromatic heterocycles. The summed E-state index contributed by atoms with van der Waals surface area (Å²) in [5.41, 5.74) is -2.26. The van der Waals surface area contributed by atoms with E-state index < -0.39 is 16.7 Å². The van der Waals surface area contributed by atoms with Gasteiger partial charge in [-0.3, -0.25) is 9.59 Å². The molecule has 1 aliphatic heterocycles. The molecule has 23 heavy (non-hydrogen) atoms. The summed E-state index contributed by atoms with van der Waals surface area (Å²) in [5, 5.41) is 11.3. The van der Waals surface area contributed by atoms with Gasteiger partial charge in [0.05, 0.1) is 5.92 Å². The van der Waals surface area contributed by atoms with Crippen molar-refractivity contribution < 1.29 is 14.7 Å². The van der Waals surface area contributed by atoms with E-state index in [1.54, 1.807) is 11.8 Å². The largest absolute Gasteiger partial charge is 0.371 e. The van der Waals surface area contributed by atoms with Gasteiger partial charge in [-0.15, -0.1) is 0 Å². The van der Waals surface area contributed by atoms with Gasteiger partial charge in [0.25, 0.3) is 0 Å². The number of hydrogen-bond acceptors (Lipinski definition) is 3. The second-order valence-corrected chi connectivity index (χ2v) is 9.89. The fraction of sp³-hybridized carbons (Fsp3) is 0.778. The first kappa shape index (κ1) is 17.4. The van der Waals surface area contributed by atoms with Gasteiger partial charge in [-0.2, -0.15) is 0 Å². The van der Waals surface area contributed by atoms with Crippen molar-refractivity contribution in [2.24, 2.45) is 29.1 Å². The van der Waals surface area contributed by atoms with Crippen LogP contribution in [0.3, 0.4) is 0 Å². The van der Waals surface area contributed by atoms with Crippen molar-refractivity contribution in [1.82, 2.24) is 4.90 Å². The molecule has 1 N–H and O–H groups in total. The number of nitrogens with zero attached hydrogens (tertiary/aromatic N) is 1. The molecule has 2 aliphatic carbocycles. The van der Waals surface area contributed by atoms with Gasteiger partial charge in [0.15, 0.2) is 3.79 Å². The van der Waals surface area contributed by atoms with Crippen LogP contribution in [0.25, 0.3) is 0 Å². The summed E-state index contributed by atoms with van der Waals surface area (Å²) in [6.45, 7) is 9.54. The molecule has 0 spiro atoms. The van der Waals surface area contributed by atoms with Crippen LogP contribution in [0.5, 0.6) is 0 Å². The average molecular weight is 431 g/mol. The molecule has 2 bridgehead atoms. The van der Waals surface area contributed by atoms with Gasteiger partial charge in [-0.1, -0.05) is 26.0 Å². The second kappa shape index (κ2) is 5.04. The second-order valence-electron chi connectivity index (χ2n) is 8.91. The Bertz CT molecular complexity index is 593. The molecule has 128 valence electrons. The van der Waals surface area contributed by atoms with Gasteiger partial charge in [0.1, 0.15) is 5.72 Å². The SMILES string of the molecule is CC(C)(CC(C)(C)N1C(=O)C2C3C=CC(C3)C2C1(C)O)C(=O)I. The number of halogens is 1. The maximum atomic E-state index is 13.1. The highest BCUT2D eigenvalue weighted by molar-refractivity contribution is 14.1. The van der Waals surface area contributed by atoms with Crippen LogP contribution in [0.4, 0.5) is 0 Å². The Labute approximate surface area is 151 Å². The summed E-state index contributed by atoms with van der Waals surface area (Å²) in [4.78, 5) is 26.7. The Balaban J connectivity index is 1.94. The summed E-state index contributed by atoms with van der Waals surface area (Å²) in [5.74, 6) is 0.492. The van der Waals surface area contributed by atoms with Crippen molar-refractivity contribution in [2.75, 3.05) is 0 Å². The third-order valence-corrected chi connectivity index (χ3v) is 7.52. The highest BCUT2D eigenvalue weighted by Gasteiger charge is 2.66. The molecule has 0 aromatic rings. The van der Waals surface area contributed by atoms with Crippen LogP contribution in [0.1, 0.15) is 47.5 Å². The molecule has 5 unspecified atom stereocenters. The van der Waals surface area contributed by atoms with E-state index in [4.69, 9.17) is 0 Å². The minimum atomic E-state index is -1.15. The molecular weight excluding hydrogens is 405 g/mol. The maximum absolute atomic E-state index is 13.1. The van der Waals surface area contributed by atoms with Gasteiger partial charge in [-0.05, 0) is 45.4 Å². The summed E-state index contributed by atoms with van der Waals surface area (Å²) >= 11 is 1.83. The van der Waals surface area contributed by atoms with E-state index in [1.165, 1.54) is 0 Å². The summed E-state index contributed by atoms with van der Waals surface area (Å²) in [6.07, 6.45) is 5.84. The Morgan fingerprint density at radius 2 is 1.91 bits per heavy atom. The van der Waals surface area contributed by atoms with Crippen molar-refractivity contribution in [3.8, 4) is 0 Å². The number of fused-ring (bicyclic) bond motifs is 5. The third kappa shape index (κ3) is 2.41. The van der Waals surface area contributed by atoms with E-state index in [0.717, 1.165) is 6.42 Å². The van der Waals surface area contributed by atoms with Crippen LogP contribution >= 0.6 is 22.6 Å². The van der Waals surface area contributed by atoms with Crippen LogP contribution in [0, 0.1) is 29.1 Å². The van der Waals surface area contributed by atoms with Crippen molar-refractivity contribution in [3.63, 3.8) is 0 Å². The minimum absolute atomic E-state index is 0.0253. The Morgan fingerprint density at radius 3 is 2.43 bits per heavy atom. The number of carbonyl (C=O) groups excluding carboxylic acids is 2.